The number of rotatable bonds is 4. The number of aromatic nitrogens is 1. The Bertz CT molecular complexity index is 470. The van der Waals surface area contributed by atoms with Crippen LogP contribution in [-0.4, -0.2) is 31.3 Å². The van der Waals surface area contributed by atoms with Gasteiger partial charge in [-0.15, -0.1) is 0 Å². The van der Waals surface area contributed by atoms with Crippen LogP contribution in [0.15, 0.2) is 12.3 Å². The van der Waals surface area contributed by atoms with Gasteiger partial charge >= 0.3 is 5.97 Å². The SMILES string of the molecule is COc1cc(N)cnc1O[C@H]1CC[C@H](C(=O)OC)CC1. The maximum atomic E-state index is 11.5. The molecular formula is C14H20N2O4. The first-order chi connectivity index (χ1) is 9.63. The fourth-order valence-corrected chi connectivity index (χ4v) is 2.42. The lowest BCUT2D eigenvalue weighted by atomic mass is 9.87. The molecule has 0 unspecified atom stereocenters. The maximum Gasteiger partial charge on any atom is 0.308 e. The molecule has 1 saturated carbocycles. The van der Waals surface area contributed by atoms with E-state index >= 15 is 0 Å². The van der Waals surface area contributed by atoms with Crippen molar-refractivity contribution in [3.63, 3.8) is 0 Å². The third kappa shape index (κ3) is 3.31. The van der Waals surface area contributed by atoms with Crippen molar-refractivity contribution >= 4 is 11.7 Å². The molecular weight excluding hydrogens is 260 g/mol. The fraction of sp³-hybridized carbons (Fsp3) is 0.571. The molecule has 6 nitrogen and oxygen atoms in total. The molecule has 0 bridgehead atoms. The molecule has 1 fully saturated rings. The number of nitrogens with two attached hydrogens (primary N) is 1. The zero-order chi connectivity index (χ0) is 14.5. The van der Waals surface area contributed by atoms with Crippen molar-refractivity contribution in [2.45, 2.75) is 31.8 Å². The van der Waals surface area contributed by atoms with Crippen LogP contribution in [0.3, 0.4) is 0 Å². The van der Waals surface area contributed by atoms with Gasteiger partial charge in [-0.05, 0) is 25.7 Å². The summed E-state index contributed by atoms with van der Waals surface area (Å²) in [5.74, 6) is 0.830. The van der Waals surface area contributed by atoms with E-state index in [0.717, 1.165) is 25.7 Å². The van der Waals surface area contributed by atoms with E-state index in [0.29, 0.717) is 17.3 Å². The summed E-state index contributed by atoms with van der Waals surface area (Å²) < 4.78 is 15.8. The molecule has 1 aromatic heterocycles. The van der Waals surface area contributed by atoms with Crippen LogP contribution in [0.1, 0.15) is 25.7 Å². The molecule has 1 aromatic rings. The standard InChI is InChI=1S/C14H20N2O4/c1-18-12-7-10(15)8-16-13(12)20-11-5-3-9(4-6-11)14(17)19-2/h7-9,11H,3-6,15H2,1-2H3/t9-,11-. The first-order valence-corrected chi connectivity index (χ1v) is 6.68. The minimum atomic E-state index is -0.133. The first kappa shape index (κ1) is 14.4. The number of ether oxygens (including phenoxy) is 3. The van der Waals surface area contributed by atoms with Gasteiger partial charge in [0.15, 0.2) is 5.75 Å². The van der Waals surface area contributed by atoms with E-state index in [4.69, 9.17) is 19.9 Å². The fourth-order valence-electron chi connectivity index (χ4n) is 2.42. The number of anilines is 1. The molecule has 2 N–H and O–H groups in total. The quantitative estimate of drug-likeness (QED) is 0.846. The Kier molecular flexibility index (Phi) is 4.65. The highest BCUT2D eigenvalue weighted by Crippen LogP contribution is 2.32. The Labute approximate surface area is 118 Å². The van der Waals surface area contributed by atoms with E-state index in [1.807, 2.05) is 0 Å². The predicted octanol–water partition coefficient (Wildman–Crippen LogP) is 1.78. The molecule has 0 spiro atoms. The predicted molar refractivity (Wildman–Crippen MR) is 73.6 cm³/mol. The van der Waals surface area contributed by atoms with Crippen molar-refractivity contribution in [3.8, 4) is 11.6 Å². The van der Waals surface area contributed by atoms with Gasteiger partial charge in [0, 0.05) is 6.07 Å². The summed E-state index contributed by atoms with van der Waals surface area (Å²) in [5.41, 5.74) is 6.18. The van der Waals surface area contributed by atoms with Crippen molar-refractivity contribution in [2.24, 2.45) is 5.92 Å². The van der Waals surface area contributed by atoms with Crippen molar-refractivity contribution in [3.05, 3.63) is 12.3 Å². The van der Waals surface area contributed by atoms with Crippen molar-refractivity contribution in [2.75, 3.05) is 20.0 Å². The second-order valence-corrected chi connectivity index (χ2v) is 4.89. The van der Waals surface area contributed by atoms with Crippen LogP contribution in [0.5, 0.6) is 11.6 Å². The average molecular weight is 280 g/mol. The second kappa shape index (κ2) is 6.45. The van der Waals surface area contributed by atoms with E-state index in [-0.39, 0.29) is 18.0 Å². The molecule has 1 aliphatic rings. The summed E-state index contributed by atoms with van der Waals surface area (Å²) in [7, 11) is 2.98. The minimum Gasteiger partial charge on any atom is -0.491 e. The summed E-state index contributed by atoms with van der Waals surface area (Å²) in [6.07, 6.45) is 4.73. The number of nitrogen functional groups attached to an aromatic ring is 1. The van der Waals surface area contributed by atoms with Gasteiger partial charge in [0.25, 0.3) is 5.88 Å². The Hall–Kier alpha value is -1.98. The molecule has 0 saturated heterocycles. The van der Waals surface area contributed by atoms with E-state index in [9.17, 15) is 4.79 Å². The average Bonchev–Trinajstić information content (AvgIpc) is 2.49. The summed E-state index contributed by atoms with van der Waals surface area (Å²) in [4.78, 5) is 15.6. The molecule has 1 heterocycles. The molecule has 0 radical (unpaired) electrons. The molecule has 2 rings (SSSR count). The Morgan fingerprint density at radius 2 is 2.00 bits per heavy atom. The van der Waals surface area contributed by atoms with Crippen LogP contribution >= 0.6 is 0 Å². The van der Waals surface area contributed by atoms with Crippen LogP contribution in [0.2, 0.25) is 0 Å². The number of carbonyl (C=O) groups is 1. The molecule has 0 amide bonds. The highest BCUT2D eigenvalue weighted by atomic mass is 16.5. The van der Waals surface area contributed by atoms with Gasteiger partial charge in [-0.25, -0.2) is 4.98 Å². The van der Waals surface area contributed by atoms with Crippen molar-refractivity contribution < 1.29 is 19.0 Å². The Morgan fingerprint density at radius 1 is 1.30 bits per heavy atom. The molecule has 0 aliphatic heterocycles. The normalized spacial score (nSPS) is 22.1. The molecule has 0 atom stereocenters. The van der Waals surface area contributed by atoms with Crippen LogP contribution in [-0.2, 0) is 9.53 Å². The topological polar surface area (TPSA) is 83.7 Å². The molecule has 110 valence electrons. The molecule has 6 heteroatoms. The van der Waals surface area contributed by atoms with Gasteiger partial charge in [0.2, 0.25) is 0 Å². The zero-order valence-corrected chi connectivity index (χ0v) is 11.8. The van der Waals surface area contributed by atoms with E-state index in [1.54, 1.807) is 13.2 Å². The Morgan fingerprint density at radius 3 is 2.60 bits per heavy atom. The van der Waals surface area contributed by atoms with E-state index < -0.39 is 0 Å². The zero-order valence-electron chi connectivity index (χ0n) is 11.8. The number of hydrogen-bond donors (Lipinski definition) is 1. The number of pyridine rings is 1. The third-order valence-corrected chi connectivity index (χ3v) is 3.55. The summed E-state index contributed by atoms with van der Waals surface area (Å²) in [6.45, 7) is 0. The Balaban J connectivity index is 1.94. The number of methoxy groups -OCH3 is 2. The second-order valence-electron chi connectivity index (χ2n) is 4.89. The summed E-state index contributed by atoms with van der Waals surface area (Å²) >= 11 is 0. The monoisotopic (exact) mass is 280 g/mol. The van der Waals surface area contributed by atoms with Gasteiger partial charge < -0.3 is 19.9 Å². The van der Waals surface area contributed by atoms with Crippen LogP contribution in [0.25, 0.3) is 0 Å². The first-order valence-electron chi connectivity index (χ1n) is 6.68. The van der Waals surface area contributed by atoms with Gasteiger partial charge in [0.1, 0.15) is 6.10 Å². The minimum absolute atomic E-state index is 0.0128. The van der Waals surface area contributed by atoms with Crippen molar-refractivity contribution in [1.82, 2.24) is 4.98 Å². The van der Waals surface area contributed by atoms with E-state index in [1.165, 1.54) is 13.3 Å². The summed E-state index contributed by atoms with van der Waals surface area (Å²) in [5, 5.41) is 0. The smallest absolute Gasteiger partial charge is 0.308 e. The number of carbonyl (C=O) groups excluding carboxylic acids is 1. The number of hydrogen-bond acceptors (Lipinski definition) is 6. The molecule has 20 heavy (non-hydrogen) atoms. The lowest BCUT2D eigenvalue weighted by Crippen LogP contribution is -2.28. The lowest BCUT2D eigenvalue weighted by Gasteiger charge is -2.27. The van der Waals surface area contributed by atoms with Gasteiger partial charge in [-0.3, -0.25) is 4.79 Å². The highest BCUT2D eigenvalue weighted by Gasteiger charge is 2.28. The third-order valence-electron chi connectivity index (χ3n) is 3.55. The summed E-state index contributed by atoms with van der Waals surface area (Å²) in [6, 6.07) is 1.68. The van der Waals surface area contributed by atoms with Gasteiger partial charge in [0.05, 0.1) is 32.0 Å². The van der Waals surface area contributed by atoms with Crippen LogP contribution < -0.4 is 15.2 Å². The molecule has 0 aromatic carbocycles. The van der Waals surface area contributed by atoms with Crippen LogP contribution in [0.4, 0.5) is 5.69 Å². The maximum absolute atomic E-state index is 11.5. The van der Waals surface area contributed by atoms with Gasteiger partial charge in [-0.2, -0.15) is 0 Å². The lowest BCUT2D eigenvalue weighted by molar-refractivity contribution is -0.147. The van der Waals surface area contributed by atoms with Crippen molar-refractivity contribution in [1.29, 1.82) is 0 Å². The molecule has 1 aliphatic carbocycles. The largest absolute Gasteiger partial charge is 0.491 e. The highest BCUT2D eigenvalue weighted by molar-refractivity contribution is 5.72. The number of nitrogens with zero attached hydrogens (tertiary/aromatic N) is 1. The van der Waals surface area contributed by atoms with Crippen LogP contribution in [0, 0.1) is 5.92 Å². The number of esters is 1. The van der Waals surface area contributed by atoms with E-state index in [2.05, 4.69) is 4.98 Å². The van der Waals surface area contributed by atoms with Gasteiger partial charge in [-0.1, -0.05) is 0 Å².